The fourth-order valence-corrected chi connectivity index (χ4v) is 5.58. The first-order valence-corrected chi connectivity index (χ1v) is 8.92. The van der Waals surface area contributed by atoms with E-state index in [0.717, 1.165) is 21.8 Å². The number of anilines is 1. The van der Waals surface area contributed by atoms with Gasteiger partial charge in [-0.3, -0.25) is 14.4 Å². The Balaban J connectivity index is 1.78. The molecule has 0 aromatic heterocycles. The molecular weight excluding hydrogens is 414 g/mol. The van der Waals surface area contributed by atoms with Crippen LogP contribution in [0.2, 0.25) is 0 Å². The van der Waals surface area contributed by atoms with Gasteiger partial charge in [-0.15, -0.1) is 0 Å². The molecule has 4 aliphatic rings. The van der Waals surface area contributed by atoms with E-state index in [1.165, 1.54) is 4.90 Å². The van der Waals surface area contributed by atoms with Crippen LogP contribution in [0.15, 0.2) is 27.1 Å². The Kier molecular flexibility index (Phi) is 3.31. The van der Waals surface area contributed by atoms with E-state index in [9.17, 15) is 14.4 Å². The third kappa shape index (κ3) is 1.96. The van der Waals surface area contributed by atoms with Crippen molar-refractivity contribution in [3.8, 4) is 0 Å². The van der Waals surface area contributed by atoms with Crippen LogP contribution < -0.4 is 4.90 Å². The largest absolute Gasteiger partial charge is 0.299 e. The first kappa shape index (κ1) is 14.6. The molecule has 2 amide bonds. The van der Waals surface area contributed by atoms with Crippen LogP contribution in [0.25, 0.3) is 0 Å². The molecule has 1 heterocycles. The van der Waals surface area contributed by atoms with Gasteiger partial charge in [-0.25, -0.2) is 4.90 Å². The van der Waals surface area contributed by atoms with Crippen molar-refractivity contribution in [2.24, 2.45) is 23.7 Å². The van der Waals surface area contributed by atoms with Crippen LogP contribution in [0.1, 0.15) is 19.3 Å². The van der Waals surface area contributed by atoms with Crippen LogP contribution in [0.3, 0.4) is 0 Å². The van der Waals surface area contributed by atoms with Gasteiger partial charge in [0.25, 0.3) is 0 Å². The maximum absolute atomic E-state index is 12.8. The Morgan fingerprint density at radius 3 is 2.18 bits per heavy atom. The van der Waals surface area contributed by atoms with Gasteiger partial charge in [-0.2, -0.15) is 0 Å². The molecule has 1 aromatic rings. The average Bonchev–Trinajstić information content (AvgIpc) is 2.72. The highest BCUT2D eigenvalue weighted by atomic mass is 79.9. The average molecular weight is 427 g/mol. The number of carbonyl (C=O) groups excluding carboxylic acids is 3. The van der Waals surface area contributed by atoms with Crippen LogP contribution in [0.4, 0.5) is 5.69 Å². The van der Waals surface area contributed by atoms with E-state index in [2.05, 4.69) is 31.9 Å². The van der Waals surface area contributed by atoms with E-state index in [0.29, 0.717) is 12.1 Å². The molecule has 4 fully saturated rings. The first-order valence-electron chi connectivity index (χ1n) is 7.34. The summed E-state index contributed by atoms with van der Waals surface area (Å²) in [6.45, 7) is 0. The highest BCUT2D eigenvalue weighted by Gasteiger charge is 2.60. The van der Waals surface area contributed by atoms with Crippen molar-refractivity contribution in [2.45, 2.75) is 19.3 Å². The van der Waals surface area contributed by atoms with E-state index in [-0.39, 0.29) is 35.4 Å². The number of hydrogen-bond acceptors (Lipinski definition) is 3. The summed E-state index contributed by atoms with van der Waals surface area (Å²) in [5.41, 5.74) is 0.567. The van der Waals surface area contributed by atoms with Crippen molar-refractivity contribution in [3.63, 3.8) is 0 Å². The molecule has 3 saturated carbocycles. The molecule has 4 nitrogen and oxygen atoms in total. The third-order valence-corrected chi connectivity index (χ3v) is 6.09. The zero-order valence-corrected chi connectivity index (χ0v) is 14.8. The van der Waals surface area contributed by atoms with E-state index in [1.54, 1.807) is 12.1 Å². The summed E-state index contributed by atoms with van der Waals surface area (Å²) in [5, 5.41) is 0. The molecule has 0 spiro atoms. The standard InChI is InChI=1S/C16H13Br2NO3/c17-8-4-9(18)6-10(5-8)19-15(21)13-7-1-2-11(12(20)3-7)14(13)16(19)22/h4-7,11,13-14H,1-3H2. The van der Waals surface area contributed by atoms with Crippen LogP contribution >= 0.6 is 31.9 Å². The number of hydrogen-bond donors (Lipinski definition) is 0. The number of carbonyl (C=O) groups is 3. The predicted octanol–water partition coefficient (Wildman–Crippen LogP) is 3.32. The molecule has 1 aliphatic heterocycles. The zero-order valence-electron chi connectivity index (χ0n) is 11.6. The van der Waals surface area contributed by atoms with E-state index >= 15 is 0 Å². The predicted molar refractivity (Wildman–Crippen MR) is 87.2 cm³/mol. The number of halogens is 2. The second-order valence-electron chi connectivity index (χ2n) is 6.31. The Morgan fingerprint density at radius 2 is 1.55 bits per heavy atom. The minimum atomic E-state index is -0.440. The number of fused-ring (bicyclic) bond motifs is 2. The molecule has 22 heavy (non-hydrogen) atoms. The topological polar surface area (TPSA) is 54.5 Å². The first-order chi connectivity index (χ1) is 10.5. The molecule has 2 bridgehead atoms. The van der Waals surface area contributed by atoms with E-state index < -0.39 is 5.92 Å². The van der Waals surface area contributed by atoms with Crippen molar-refractivity contribution in [2.75, 3.05) is 4.90 Å². The lowest BCUT2D eigenvalue weighted by Crippen LogP contribution is -2.46. The molecule has 0 N–H and O–H groups in total. The number of Topliss-reactive ketones (excluding diaryl/α,β-unsaturated/α-hetero) is 1. The summed E-state index contributed by atoms with van der Waals surface area (Å²) in [6, 6.07) is 5.39. The lowest BCUT2D eigenvalue weighted by molar-refractivity contribution is -0.143. The van der Waals surface area contributed by atoms with Gasteiger partial charge in [0.15, 0.2) is 0 Å². The molecule has 6 heteroatoms. The van der Waals surface area contributed by atoms with Crippen molar-refractivity contribution in [1.29, 1.82) is 0 Å². The minimum absolute atomic E-state index is 0.0412. The Hall–Kier alpha value is -1.01. The van der Waals surface area contributed by atoms with Gasteiger partial charge >= 0.3 is 0 Å². The molecule has 4 unspecified atom stereocenters. The SMILES string of the molecule is O=C1CC2CCC1C1C(=O)N(c3cc(Br)cc(Br)c3)C(=O)C21. The molecule has 1 aromatic carbocycles. The van der Waals surface area contributed by atoms with Crippen molar-refractivity contribution in [3.05, 3.63) is 27.1 Å². The second kappa shape index (κ2) is 4.99. The highest BCUT2D eigenvalue weighted by Crippen LogP contribution is 2.52. The molecule has 3 aliphatic carbocycles. The van der Waals surface area contributed by atoms with Crippen LogP contribution in [-0.4, -0.2) is 17.6 Å². The summed E-state index contributed by atoms with van der Waals surface area (Å²) >= 11 is 6.78. The fourth-order valence-electron chi connectivity index (χ4n) is 4.31. The van der Waals surface area contributed by atoms with Crippen molar-refractivity contribution < 1.29 is 14.4 Å². The summed E-state index contributed by atoms with van der Waals surface area (Å²) in [6.07, 6.45) is 2.09. The summed E-state index contributed by atoms with van der Waals surface area (Å²) < 4.78 is 1.60. The molecule has 0 radical (unpaired) electrons. The van der Waals surface area contributed by atoms with Gasteiger partial charge in [-0.05, 0) is 37.0 Å². The second-order valence-corrected chi connectivity index (χ2v) is 8.14. The van der Waals surface area contributed by atoms with Gasteiger partial charge in [0.05, 0.1) is 17.5 Å². The summed E-state index contributed by atoms with van der Waals surface area (Å²) in [5.74, 6) is -1.14. The summed E-state index contributed by atoms with van der Waals surface area (Å²) in [7, 11) is 0. The smallest absolute Gasteiger partial charge is 0.238 e. The zero-order chi connectivity index (χ0) is 15.6. The van der Waals surface area contributed by atoms with Crippen molar-refractivity contribution >= 4 is 55.1 Å². The maximum atomic E-state index is 12.8. The lowest BCUT2D eigenvalue weighted by Gasteiger charge is -2.41. The van der Waals surface area contributed by atoms with Crippen molar-refractivity contribution in [1.82, 2.24) is 0 Å². The number of benzene rings is 1. The fraction of sp³-hybridized carbons (Fsp3) is 0.438. The van der Waals surface area contributed by atoms with Crippen LogP contribution in [0.5, 0.6) is 0 Å². The Bertz CT molecular complexity index is 697. The van der Waals surface area contributed by atoms with E-state index in [4.69, 9.17) is 0 Å². The maximum Gasteiger partial charge on any atom is 0.238 e. The van der Waals surface area contributed by atoms with E-state index in [1.807, 2.05) is 6.07 Å². The van der Waals surface area contributed by atoms with Gasteiger partial charge in [-0.1, -0.05) is 31.9 Å². The molecule has 114 valence electrons. The lowest BCUT2D eigenvalue weighted by atomic mass is 9.59. The third-order valence-electron chi connectivity index (χ3n) is 5.17. The minimum Gasteiger partial charge on any atom is -0.299 e. The van der Waals surface area contributed by atoms with Gasteiger partial charge in [0.2, 0.25) is 11.8 Å². The normalized spacial score (nSPS) is 33.5. The van der Waals surface area contributed by atoms with Crippen LogP contribution in [-0.2, 0) is 14.4 Å². The quantitative estimate of drug-likeness (QED) is 0.647. The number of nitrogens with zero attached hydrogens (tertiary/aromatic N) is 1. The number of amides is 2. The van der Waals surface area contributed by atoms with Gasteiger partial charge in [0, 0.05) is 21.3 Å². The van der Waals surface area contributed by atoms with Gasteiger partial charge < -0.3 is 0 Å². The molecule has 4 atom stereocenters. The molecular formula is C16H13Br2NO3. The number of imide groups is 1. The number of ketones is 1. The highest BCUT2D eigenvalue weighted by molar-refractivity contribution is 9.11. The number of rotatable bonds is 1. The Labute approximate surface area is 144 Å². The monoisotopic (exact) mass is 425 g/mol. The van der Waals surface area contributed by atoms with Crippen LogP contribution in [0, 0.1) is 23.7 Å². The Morgan fingerprint density at radius 1 is 0.909 bits per heavy atom. The van der Waals surface area contributed by atoms with Gasteiger partial charge in [0.1, 0.15) is 5.78 Å². The molecule has 1 saturated heterocycles. The molecule has 5 rings (SSSR count). The summed E-state index contributed by atoms with van der Waals surface area (Å²) in [4.78, 5) is 39.1.